The van der Waals surface area contributed by atoms with Crippen LogP contribution in [0.2, 0.25) is 0 Å². The normalized spacial score (nSPS) is 19.6. The Kier molecular flexibility index (Phi) is 5.24. The maximum absolute atomic E-state index is 12.0. The van der Waals surface area contributed by atoms with Crippen LogP contribution >= 0.6 is 39.7 Å². The molecule has 1 atom stereocenters. The van der Waals surface area contributed by atoms with E-state index in [0.29, 0.717) is 6.04 Å². The summed E-state index contributed by atoms with van der Waals surface area (Å²) in [7, 11) is 1.94. The minimum Gasteiger partial charge on any atom is -0.336 e. The first kappa shape index (κ1) is 14.0. The number of halogens is 2. The Labute approximate surface area is 114 Å². The first-order valence-corrected chi connectivity index (χ1v) is 6.58. The molecule has 16 heavy (non-hydrogen) atoms. The molecule has 0 aliphatic carbocycles. The van der Waals surface area contributed by atoms with Crippen molar-refractivity contribution >= 4 is 45.6 Å². The van der Waals surface area contributed by atoms with Crippen LogP contribution in [-0.4, -0.2) is 37.0 Å². The first-order chi connectivity index (χ1) is 7.20. The van der Waals surface area contributed by atoms with Crippen molar-refractivity contribution < 1.29 is 4.79 Å². The number of likely N-dealkylation sites (N-methyl/N-ethyl adjacent to an activating group) is 1. The molecule has 0 spiro atoms. The third-order valence-electron chi connectivity index (χ3n) is 2.66. The molecule has 1 aromatic heterocycles. The molecule has 0 bridgehead atoms. The number of amides is 1. The van der Waals surface area contributed by atoms with Crippen LogP contribution in [0, 0.1) is 0 Å². The Morgan fingerprint density at radius 3 is 2.94 bits per heavy atom. The fourth-order valence-electron chi connectivity index (χ4n) is 1.76. The van der Waals surface area contributed by atoms with Crippen molar-refractivity contribution in [2.75, 3.05) is 20.1 Å². The molecule has 1 aliphatic rings. The van der Waals surface area contributed by atoms with Crippen LogP contribution in [-0.2, 0) is 0 Å². The lowest BCUT2D eigenvalue weighted by Crippen LogP contribution is -2.33. The fourth-order valence-corrected chi connectivity index (χ4v) is 3.15. The summed E-state index contributed by atoms with van der Waals surface area (Å²) in [6.45, 7) is 1.69. The Balaban J connectivity index is 0.00000128. The van der Waals surface area contributed by atoms with Crippen molar-refractivity contribution in [2.45, 2.75) is 12.5 Å². The molecule has 1 aliphatic heterocycles. The zero-order chi connectivity index (χ0) is 10.8. The van der Waals surface area contributed by atoms with Crippen LogP contribution in [0.4, 0.5) is 0 Å². The lowest BCUT2D eigenvalue weighted by Gasteiger charge is -2.15. The van der Waals surface area contributed by atoms with Crippen LogP contribution in [0.25, 0.3) is 0 Å². The van der Waals surface area contributed by atoms with E-state index in [0.717, 1.165) is 28.9 Å². The second kappa shape index (κ2) is 6.00. The van der Waals surface area contributed by atoms with Crippen LogP contribution in [0.15, 0.2) is 15.9 Å². The number of rotatable bonds is 2. The van der Waals surface area contributed by atoms with E-state index in [1.807, 2.05) is 23.4 Å². The van der Waals surface area contributed by atoms with Gasteiger partial charge >= 0.3 is 0 Å². The maximum Gasteiger partial charge on any atom is 0.264 e. The summed E-state index contributed by atoms with van der Waals surface area (Å²) in [6.07, 6.45) is 1.05. The van der Waals surface area contributed by atoms with Crippen LogP contribution in [0.5, 0.6) is 0 Å². The number of carbonyl (C=O) groups excluding carboxylic acids is 1. The highest BCUT2D eigenvalue weighted by Gasteiger charge is 2.26. The van der Waals surface area contributed by atoms with Gasteiger partial charge in [0.2, 0.25) is 0 Å². The SMILES string of the molecule is CNC1CCN(C(=O)c2cc(Br)cs2)C1.Cl. The van der Waals surface area contributed by atoms with Gasteiger partial charge in [-0.25, -0.2) is 0 Å². The molecule has 90 valence electrons. The standard InChI is InChI=1S/C10H13BrN2OS.ClH/c1-12-8-2-3-13(5-8)10(14)9-4-7(11)6-15-9;/h4,6,8,12H,2-3,5H2,1H3;1H. The largest absolute Gasteiger partial charge is 0.336 e. The van der Waals surface area contributed by atoms with Crippen molar-refractivity contribution in [1.82, 2.24) is 10.2 Å². The first-order valence-electron chi connectivity index (χ1n) is 4.91. The Bertz CT molecular complexity index is 371. The average Bonchev–Trinajstić information content (AvgIpc) is 2.84. The molecule has 0 radical (unpaired) electrons. The molecule has 2 rings (SSSR count). The van der Waals surface area contributed by atoms with E-state index in [4.69, 9.17) is 0 Å². The van der Waals surface area contributed by atoms with Crippen LogP contribution in [0.1, 0.15) is 16.1 Å². The van der Waals surface area contributed by atoms with Crippen molar-refractivity contribution in [3.05, 3.63) is 20.8 Å². The Morgan fingerprint density at radius 1 is 1.69 bits per heavy atom. The summed E-state index contributed by atoms with van der Waals surface area (Å²) in [5.74, 6) is 0.156. The number of likely N-dealkylation sites (tertiary alicyclic amines) is 1. The number of nitrogens with one attached hydrogen (secondary N) is 1. The molecule has 0 saturated carbocycles. The zero-order valence-corrected chi connectivity index (χ0v) is 12.1. The van der Waals surface area contributed by atoms with E-state index in [-0.39, 0.29) is 18.3 Å². The highest BCUT2D eigenvalue weighted by Crippen LogP contribution is 2.22. The van der Waals surface area contributed by atoms with Crippen molar-refractivity contribution in [2.24, 2.45) is 0 Å². The molecule has 1 aromatic rings. The van der Waals surface area contributed by atoms with Gasteiger partial charge in [0.25, 0.3) is 5.91 Å². The molecular weight excluding hydrogens is 312 g/mol. The van der Waals surface area contributed by atoms with Gasteiger partial charge in [0.05, 0.1) is 4.88 Å². The van der Waals surface area contributed by atoms with Gasteiger partial charge in [-0.05, 0) is 35.5 Å². The lowest BCUT2D eigenvalue weighted by atomic mass is 10.3. The second-order valence-corrected chi connectivity index (χ2v) is 5.48. The second-order valence-electron chi connectivity index (χ2n) is 3.65. The molecule has 1 amide bonds. The minimum absolute atomic E-state index is 0. The van der Waals surface area contributed by atoms with Crippen LogP contribution < -0.4 is 5.32 Å². The average molecular weight is 326 g/mol. The van der Waals surface area contributed by atoms with Gasteiger partial charge in [-0.3, -0.25) is 4.79 Å². The summed E-state index contributed by atoms with van der Waals surface area (Å²) in [5.41, 5.74) is 0. The van der Waals surface area contributed by atoms with Gasteiger partial charge < -0.3 is 10.2 Å². The van der Waals surface area contributed by atoms with Crippen LogP contribution in [0.3, 0.4) is 0 Å². The molecule has 0 aromatic carbocycles. The third kappa shape index (κ3) is 2.97. The Morgan fingerprint density at radius 2 is 2.44 bits per heavy atom. The highest BCUT2D eigenvalue weighted by atomic mass is 79.9. The van der Waals surface area contributed by atoms with Gasteiger partial charge in [-0.15, -0.1) is 23.7 Å². The quantitative estimate of drug-likeness (QED) is 0.905. The van der Waals surface area contributed by atoms with E-state index in [1.165, 1.54) is 11.3 Å². The monoisotopic (exact) mass is 324 g/mol. The van der Waals surface area contributed by atoms with Gasteiger partial charge in [0.15, 0.2) is 0 Å². The number of hydrogen-bond donors (Lipinski definition) is 1. The zero-order valence-electron chi connectivity index (χ0n) is 8.90. The van der Waals surface area contributed by atoms with E-state index in [2.05, 4.69) is 21.2 Å². The maximum atomic E-state index is 12.0. The highest BCUT2D eigenvalue weighted by molar-refractivity contribution is 9.10. The molecule has 2 heterocycles. The predicted octanol–water partition coefficient (Wildman–Crippen LogP) is 2.37. The van der Waals surface area contributed by atoms with Crippen molar-refractivity contribution in [3.63, 3.8) is 0 Å². The summed E-state index contributed by atoms with van der Waals surface area (Å²) in [6, 6.07) is 2.34. The van der Waals surface area contributed by atoms with Gasteiger partial charge in [0, 0.05) is 29.0 Å². The topological polar surface area (TPSA) is 32.3 Å². The molecule has 1 unspecified atom stereocenters. The van der Waals surface area contributed by atoms with Crippen molar-refractivity contribution in [3.8, 4) is 0 Å². The molecule has 3 nitrogen and oxygen atoms in total. The number of thiophene rings is 1. The van der Waals surface area contributed by atoms with E-state index >= 15 is 0 Å². The predicted molar refractivity (Wildman–Crippen MR) is 72.6 cm³/mol. The number of hydrogen-bond acceptors (Lipinski definition) is 3. The van der Waals surface area contributed by atoms with Gasteiger partial charge in [-0.1, -0.05) is 0 Å². The Hall–Kier alpha value is -0.100. The van der Waals surface area contributed by atoms with Gasteiger partial charge in [-0.2, -0.15) is 0 Å². The summed E-state index contributed by atoms with van der Waals surface area (Å²) >= 11 is 4.86. The van der Waals surface area contributed by atoms with E-state index in [9.17, 15) is 4.79 Å². The fraction of sp³-hybridized carbons (Fsp3) is 0.500. The van der Waals surface area contributed by atoms with E-state index in [1.54, 1.807) is 0 Å². The summed E-state index contributed by atoms with van der Waals surface area (Å²) in [5, 5.41) is 5.15. The molecule has 1 saturated heterocycles. The number of nitrogens with zero attached hydrogens (tertiary/aromatic N) is 1. The molecular formula is C10H14BrClN2OS. The minimum atomic E-state index is 0. The molecule has 1 N–H and O–H groups in total. The third-order valence-corrected chi connectivity index (χ3v) is 4.34. The summed E-state index contributed by atoms with van der Waals surface area (Å²) < 4.78 is 0.986. The molecule has 6 heteroatoms. The van der Waals surface area contributed by atoms with Gasteiger partial charge in [0.1, 0.15) is 0 Å². The lowest BCUT2D eigenvalue weighted by molar-refractivity contribution is 0.0794. The summed E-state index contributed by atoms with van der Waals surface area (Å²) in [4.78, 5) is 14.7. The number of carbonyl (C=O) groups is 1. The molecule has 1 fully saturated rings. The van der Waals surface area contributed by atoms with E-state index < -0.39 is 0 Å². The van der Waals surface area contributed by atoms with Crippen molar-refractivity contribution in [1.29, 1.82) is 0 Å². The smallest absolute Gasteiger partial charge is 0.264 e.